The number of benzene rings is 2. The highest BCUT2D eigenvalue weighted by atomic mass is 35.5. The van der Waals surface area contributed by atoms with Crippen molar-refractivity contribution in [2.75, 3.05) is 38.3 Å². The molecule has 39 heavy (non-hydrogen) atoms. The Morgan fingerprint density at radius 3 is 2.38 bits per heavy atom. The quantitative estimate of drug-likeness (QED) is 0.424. The summed E-state index contributed by atoms with van der Waals surface area (Å²) in [5, 5.41) is 0.302. The van der Waals surface area contributed by atoms with Crippen molar-refractivity contribution in [3.05, 3.63) is 73.7 Å². The smallest absolute Gasteiger partial charge is 0.308 e. The van der Waals surface area contributed by atoms with Crippen molar-refractivity contribution in [1.29, 1.82) is 0 Å². The Labute approximate surface area is 237 Å². The molecule has 0 spiro atoms. The van der Waals surface area contributed by atoms with Gasteiger partial charge in [-0.3, -0.25) is 23.7 Å². The van der Waals surface area contributed by atoms with Gasteiger partial charge in [0.2, 0.25) is 17.7 Å². The fourth-order valence-electron chi connectivity index (χ4n) is 5.32. The molecule has 0 bridgehead atoms. The zero-order valence-electron chi connectivity index (χ0n) is 20.9. The molecule has 2 saturated heterocycles. The standard InChI is InChI=1S/C27H24ClN3O6S2/c1-36-18-8-2-15(3-9-18)20-21-22(25(34)31(24(21)33)17-6-4-16(28)5-7-17)38-26-23(20)39-27(35)30(26)14-19(32)29-10-12-37-13-11-29/h2-9,20-22H,10-14H2,1H3. The molecule has 3 unspecified atom stereocenters. The molecule has 4 heterocycles. The third-order valence-electron chi connectivity index (χ3n) is 7.27. The van der Waals surface area contributed by atoms with Crippen LogP contribution in [0.15, 0.2) is 58.4 Å². The molecule has 9 nitrogen and oxygen atoms in total. The zero-order chi connectivity index (χ0) is 27.3. The molecule has 0 radical (unpaired) electrons. The number of carbonyl (C=O) groups is 3. The number of nitrogens with zero attached hydrogens (tertiary/aromatic N) is 3. The van der Waals surface area contributed by atoms with Crippen molar-refractivity contribution in [3.63, 3.8) is 0 Å². The Bertz CT molecular complexity index is 1500. The molecule has 1 aromatic heterocycles. The average molecular weight is 586 g/mol. The maximum atomic E-state index is 13.9. The molecule has 2 fully saturated rings. The molecule has 3 aliphatic rings. The summed E-state index contributed by atoms with van der Waals surface area (Å²) in [6, 6.07) is 13.9. The highest BCUT2D eigenvalue weighted by molar-refractivity contribution is 8.00. The van der Waals surface area contributed by atoms with Crippen LogP contribution >= 0.6 is 34.7 Å². The molecule has 2 aromatic carbocycles. The van der Waals surface area contributed by atoms with E-state index in [2.05, 4.69) is 0 Å². The van der Waals surface area contributed by atoms with E-state index in [4.69, 9.17) is 21.1 Å². The van der Waals surface area contributed by atoms with Crippen LogP contribution in [-0.4, -0.2) is 65.9 Å². The summed E-state index contributed by atoms with van der Waals surface area (Å²) in [5.74, 6) is -1.47. The second kappa shape index (κ2) is 10.5. The van der Waals surface area contributed by atoms with Gasteiger partial charge in [-0.2, -0.15) is 0 Å². The fraction of sp³-hybridized carbons (Fsp3) is 0.333. The number of hydrogen-bond acceptors (Lipinski definition) is 8. The van der Waals surface area contributed by atoms with E-state index in [9.17, 15) is 19.2 Å². The highest BCUT2D eigenvalue weighted by Crippen LogP contribution is 2.54. The van der Waals surface area contributed by atoms with E-state index in [1.807, 2.05) is 12.1 Å². The number of carbonyl (C=O) groups excluding carboxylic acids is 3. The number of aromatic nitrogens is 1. The fourth-order valence-corrected chi connectivity index (χ4v) is 8.22. The van der Waals surface area contributed by atoms with Gasteiger partial charge in [-0.25, -0.2) is 4.90 Å². The lowest BCUT2D eigenvalue weighted by molar-refractivity contribution is -0.136. The monoisotopic (exact) mass is 585 g/mol. The van der Waals surface area contributed by atoms with Crippen LogP contribution < -0.4 is 14.5 Å². The maximum Gasteiger partial charge on any atom is 0.308 e. The average Bonchev–Trinajstić information content (AvgIpc) is 3.40. The summed E-state index contributed by atoms with van der Waals surface area (Å²) in [5.41, 5.74) is 1.24. The molecular formula is C27H24ClN3O6S2. The minimum atomic E-state index is -0.758. The Hall–Kier alpha value is -3.12. The molecular weight excluding hydrogens is 562 g/mol. The van der Waals surface area contributed by atoms with Gasteiger partial charge in [0.1, 0.15) is 17.5 Å². The second-order valence-corrected chi connectivity index (χ2v) is 12.0. The van der Waals surface area contributed by atoms with E-state index in [-0.39, 0.29) is 29.1 Å². The van der Waals surface area contributed by atoms with Crippen molar-refractivity contribution < 1.29 is 23.9 Å². The van der Waals surface area contributed by atoms with Crippen LogP contribution in [-0.2, 0) is 25.7 Å². The van der Waals surface area contributed by atoms with E-state index in [1.54, 1.807) is 48.4 Å². The van der Waals surface area contributed by atoms with Gasteiger partial charge in [-0.1, -0.05) is 46.8 Å². The number of thiazole rings is 1. The first-order chi connectivity index (χ1) is 18.9. The van der Waals surface area contributed by atoms with Gasteiger partial charge in [-0.15, -0.1) is 0 Å². The Balaban J connectivity index is 1.43. The molecule has 3 aliphatic heterocycles. The zero-order valence-corrected chi connectivity index (χ0v) is 23.3. The van der Waals surface area contributed by atoms with Crippen molar-refractivity contribution in [3.8, 4) is 5.75 Å². The molecule has 0 N–H and O–H groups in total. The number of halogens is 1. The minimum absolute atomic E-state index is 0.132. The topological polar surface area (TPSA) is 98.2 Å². The first-order valence-electron chi connectivity index (χ1n) is 12.4. The van der Waals surface area contributed by atoms with E-state index < -0.39 is 17.1 Å². The number of rotatable bonds is 5. The molecule has 0 saturated carbocycles. The van der Waals surface area contributed by atoms with Gasteiger partial charge >= 0.3 is 4.87 Å². The van der Waals surface area contributed by atoms with Crippen molar-refractivity contribution in [1.82, 2.24) is 9.47 Å². The predicted molar refractivity (Wildman–Crippen MR) is 148 cm³/mol. The van der Waals surface area contributed by atoms with E-state index in [0.717, 1.165) is 16.9 Å². The Kier molecular flexibility index (Phi) is 7.00. The molecule has 3 atom stereocenters. The van der Waals surface area contributed by atoms with Crippen molar-refractivity contribution in [2.24, 2.45) is 5.92 Å². The minimum Gasteiger partial charge on any atom is -0.497 e. The van der Waals surface area contributed by atoms with Crippen LogP contribution in [0.1, 0.15) is 16.4 Å². The number of thioether (sulfide) groups is 1. The van der Waals surface area contributed by atoms with Gasteiger partial charge in [0.25, 0.3) is 0 Å². The number of fused-ring (bicyclic) bond motifs is 2. The summed E-state index contributed by atoms with van der Waals surface area (Å²) >= 11 is 8.27. The van der Waals surface area contributed by atoms with Gasteiger partial charge in [0.15, 0.2) is 0 Å². The molecule has 12 heteroatoms. The number of morpholine rings is 1. The largest absolute Gasteiger partial charge is 0.497 e. The van der Waals surface area contributed by atoms with Crippen molar-refractivity contribution >= 4 is 58.1 Å². The van der Waals surface area contributed by atoms with Crippen LogP contribution in [0.25, 0.3) is 0 Å². The van der Waals surface area contributed by atoms with Gasteiger partial charge in [-0.05, 0) is 42.0 Å². The lowest BCUT2D eigenvalue weighted by Crippen LogP contribution is -2.43. The number of methoxy groups -OCH3 is 1. The SMILES string of the molecule is COc1ccc(C2c3sc(=O)n(CC(=O)N4CCOCC4)c3SC3C(=O)N(c4ccc(Cl)cc4)C(=O)C32)cc1. The number of ether oxygens (including phenoxy) is 2. The number of anilines is 1. The molecule has 3 amide bonds. The summed E-state index contributed by atoms with van der Waals surface area (Å²) in [4.78, 5) is 57.3. The van der Waals surface area contributed by atoms with Crippen LogP contribution in [0.5, 0.6) is 5.75 Å². The van der Waals surface area contributed by atoms with Crippen LogP contribution in [0, 0.1) is 5.92 Å². The number of hydrogen-bond donors (Lipinski definition) is 0. The normalized spacial score (nSPS) is 22.6. The van der Waals surface area contributed by atoms with E-state index in [1.165, 1.54) is 21.2 Å². The second-order valence-electron chi connectivity index (χ2n) is 9.42. The summed E-state index contributed by atoms with van der Waals surface area (Å²) in [6.07, 6.45) is 0. The first-order valence-corrected chi connectivity index (χ1v) is 14.5. The number of imide groups is 1. The lowest BCUT2D eigenvalue weighted by Gasteiger charge is -2.31. The molecule has 6 rings (SSSR count). The summed E-state index contributed by atoms with van der Waals surface area (Å²) < 4.78 is 12.1. The Morgan fingerprint density at radius 1 is 1.03 bits per heavy atom. The molecule has 202 valence electrons. The third-order valence-corrected chi connectivity index (χ3v) is 10.1. The van der Waals surface area contributed by atoms with Crippen LogP contribution in [0.4, 0.5) is 5.69 Å². The van der Waals surface area contributed by atoms with Crippen LogP contribution in [0.3, 0.4) is 0 Å². The first kappa shape index (κ1) is 26.1. The molecule has 0 aliphatic carbocycles. The van der Waals surface area contributed by atoms with Gasteiger partial charge in [0, 0.05) is 28.9 Å². The Morgan fingerprint density at radius 2 is 1.72 bits per heavy atom. The molecule has 3 aromatic rings. The van der Waals surface area contributed by atoms with Gasteiger partial charge < -0.3 is 14.4 Å². The highest BCUT2D eigenvalue weighted by Gasteiger charge is 2.56. The van der Waals surface area contributed by atoms with Gasteiger partial charge in [0.05, 0.1) is 37.0 Å². The van der Waals surface area contributed by atoms with E-state index >= 15 is 0 Å². The third kappa shape index (κ3) is 4.57. The summed E-state index contributed by atoms with van der Waals surface area (Å²) in [7, 11) is 1.57. The number of amides is 3. The maximum absolute atomic E-state index is 13.9. The lowest BCUT2D eigenvalue weighted by atomic mass is 9.83. The predicted octanol–water partition coefficient (Wildman–Crippen LogP) is 3.23. The van der Waals surface area contributed by atoms with Crippen molar-refractivity contribution in [2.45, 2.75) is 22.7 Å². The van der Waals surface area contributed by atoms with E-state index in [0.29, 0.717) is 52.7 Å². The van der Waals surface area contributed by atoms with Crippen LogP contribution in [0.2, 0.25) is 5.02 Å². The summed E-state index contributed by atoms with van der Waals surface area (Å²) in [6.45, 7) is 1.72.